The third-order valence-corrected chi connectivity index (χ3v) is 3.04. The summed E-state index contributed by atoms with van der Waals surface area (Å²) in [5.41, 5.74) is 1.32. The van der Waals surface area contributed by atoms with E-state index in [2.05, 4.69) is 25.3 Å². The van der Waals surface area contributed by atoms with Crippen LogP contribution in [0.25, 0.3) is 0 Å². The summed E-state index contributed by atoms with van der Waals surface area (Å²) in [6.07, 6.45) is 2.56. The zero-order valence-corrected chi connectivity index (χ0v) is 13.2. The second kappa shape index (κ2) is 8.70. The molecule has 1 aromatic heterocycles. The number of benzene rings is 1. The topological polar surface area (TPSA) is 85.4 Å². The van der Waals surface area contributed by atoms with Crippen molar-refractivity contribution in [3.05, 3.63) is 42.1 Å². The van der Waals surface area contributed by atoms with Crippen LogP contribution in [-0.2, 0) is 9.47 Å². The predicted molar refractivity (Wildman–Crippen MR) is 88.1 cm³/mol. The first-order valence-corrected chi connectivity index (χ1v) is 7.24. The number of hydrogen-bond donors (Lipinski definition) is 2. The molecule has 0 aliphatic carbocycles. The van der Waals surface area contributed by atoms with E-state index in [9.17, 15) is 4.79 Å². The molecule has 7 heteroatoms. The maximum atomic E-state index is 11.4. The molecule has 1 aromatic carbocycles. The van der Waals surface area contributed by atoms with Crippen molar-refractivity contribution in [3.63, 3.8) is 0 Å². The van der Waals surface area contributed by atoms with E-state index >= 15 is 0 Å². The van der Waals surface area contributed by atoms with Crippen molar-refractivity contribution in [2.24, 2.45) is 0 Å². The standard InChI is InChI=1S/C16H20N4O3/c1-22-11-3-9-17-16-18-10-8-14(20-16)19-13-6-4-12(5-7-13)15(21)23-2/h4-8,10H,3,9,11H2,1-2H3,(H2,17,18,19,20). The quantitative estimate of drug-likeness (QED) is 0.571. The lowest BCUT2D eigenvalue weighted by atomic mass is 10.2. The monoisotopic (exact) mass is 316 g/mol. The third-order valence-electron chi connectivity index (χ3n) is 3.04. The third kappa shape index (κ3) is 5.23. The molecule has 0 spiro atoms. The Hall–Kier alpha value is -2.67. The van der Waals surface area contributed by atoms with Crippen molar-refractivity contribution >= 4 is 23.4 Å². The van der Waals surface area contributed by atoms with Crippen LogP contribution in [0.1, 0.15) is 16.8 Å². The van der Waals surface area contributed by atoms with Gasteiger partial charge < -0.3 is 20.1 Å². The molecule has 2 N–H and O–H groups in total. The fourth-order valence-electron chi connectivity index (χ4n) is 1.89. The predicted octanol–water partition coefficient (Wildman–Crippen LogP) is 2.46. The summed E-state index contributed by atoms with van der Waals surface area (Å²) in [6.45, 7) is 1.43. The molecule has 0 saturated heterocycles. The van der Waals surface area contributed by atoms with Crippen LogP contribution < -0.4 is 10.6 Å². The van der Waals surface area contributed by atoms with Gasteiger partial charge in [-0.2, -0.15) is 4.98 Å². The Balaban J connectivity index is 1.95. The summed E-state index contributed by atoms with van der Waals surface area (Å²) in [6, 6.07) is 8.74. The van der Waals surface area contributed by atoms with E-state index in [-0.39, 0.29) is 5.97 Å². The average Bonchev–Trinajstić information content (AvgIpc) is 2.59. The van der Waals surface area contributed by atoms with Crippen LogP contribution in [0.3, 0.4) is 0 Å². The number of rotatable bonds is 8. The van der Waals surface area contributed by atoms with Gasteiger partial charge in [0, 0.05) is 32.1 Å². The van der Waals surface area contributed by atoms with Crippen molar-refractivity contribution in [2.45, 2.75) is 6.42 Å². The largest absolute Gasteiger partial charge is 0.465 e. The molecule has 0 fully saturated rings. The van der Waals surface area contributed by atoms with E-state index in [1.54, 1.807) is 43.6 Å². The molecule has 0 atom stereocenters. The van der Waals surface area contributed by atoms with Gasteiger partial charge in [-0.3, -0.25) is 0 Å². The van der Waals surface area contributed by atoms with Crippen molar-refractivity contribution in [2.75, 3.05) is 38.0 Å². The van der Waals surface area contributed by atoms with Gasteiger partial charge in [0.25, 0.3) is 0 Å². The number of ether oxygens (including phenoxy) is 2. The summed E-state index contributed by atoms with van der Waals surface area (Å²) in [5.74, 6) is 0.860. The van der Waals surface area contributed by atoms with Gasteiger partial charge in [0.05, 0.1) is 12.7 Å². The lowest BCUT2D eigenvalue weighted by Crippen LogP contribution is -2.08. The first-order chi connectivity index (χ1) is 11.2. The maximum Gasteiger partial charge on any atom is 0.337 e. The normalized spacial score (nSPS) is 10.2. The number of anilines is 3. The van der Waals surface area contributed by atoms with E-state index in [1.807, 2.05) is 0 Å². The van der Waals surface area contributed by atoms with Gasteiger partial charge in [-0.15, -0.1) is 0 Å². The fraction of sp³-hybridized carbons (Fsp3) is 0.312. The summed E-state index contributed by atoms with van der Waals surface area (Å²) in [7, 11) is 3.03. The minimum absolute atomic E-state index is 0.360. The highest BCUT2D eigenvalue weighted by atomic mass is 16.5. The highest BCUT2D eigenvalue weighted by Gasteiger charge is 2.05. The van der Waals surface area contributed by atoms with Gasteiger partial charge in [-0.05, 0) is 36.8 Å². The van der Waals surface area contributed by atoms with Gasteiger partial charge in [0.2, 0.25) is 5.95 Å². The molecule has 0 bridgehead atoms. The van der Waals surface area contributed by atoms with E-state index in [1.165, 1.54) is 7.11 Å². The molecule has 0 saturated carbocycles. The molecule has 0 radical (unpaired) electrons. The van der Waals surface area contributed by atoms with Crippen LogP contribution in [0.4, 0.5) is 17.5 Å². The summed E-state index contributed by atoms with van der Waals surface area (Å²) in [5, 5.41) is 6.30. The fourth-order valence-corrected chi connectivity index (χ4v) is 1.89. The van der Waals surface area contributed by atoms with E-state index in [4.69, 9.17) is 4.74 Å². The van der Waals surface area contributed by atoms with Crippen LogP contribution in [-0.4, -0.2) is 43.3 Å². The number of esters is 1. The zero-order chi connectivity index (χ0) is 16.5. The second-order valence-corrected chi connectivity index (χ2v) is 4.73. The first kappa shape index (κ1) is 16.7. The Labute approximate surface area is 135 Å². The van der Waals surface area contributed by atoms with Crippen LogP contribution in [0.5, 0.6) is 0 Å². The van der Waals surface area contributed by atoms with Crippen molar-refractivity contribution < 1.29 is 14.3 Å². The molecular weight excluding hydrogens is 296 g/mol. The van der Waals surface area contributed by atoms with Crippen molar-refractivity contribution in [3.8, 4) is 0 Å². The molecule has 0 amide bonds. The number of methoxy groups -OCH3 is 2. The molecule has 0 unspecified atom stereocenters. The Morgan fingerprint density at radius 1 is 1.17 bits per heavy atom. The molecule has 23 heavy (non-hydrogen) atoms. The summed E-state index contributed by atoms with van der Waals surface area (Å²) in [4.78, 5) is 19.9. The maximum absolute atomic E-state index is 11.4. The SMILES string of the molecule is COCCCNc1nccc(Nc2ccc(C(=O)OC)cc2)n1. The first-order valence-electron chi connectivity index (χ1n) is 7.24. The number of aromatic nitrogens is 2. The molecule has 0 aliphatic heterocycles. The Morgan fingerprint density at radius 3 is 2.65 bits per heavy atom. The second-order valence-electron chi connectivity index (χ2n) is 4.73. The highest BCUT2D eigenvalue weighted by Crippen LogP contribution is 2.16. The molecular formula is C16H20N4O3. The lowest BCUT2D eigenvalue weighted by Gasteiger charge is -2.08. The minimum atomic E-state index is -0.360. The number of carbonyl (C=O) groups excluding carboxylic acids is 1. The number of nitrogens with one attached hydrogen (secondary N) is 2. The van der Waals surface area contributed by atoms with E-state index in [0.717, 1.165) is 18.7 Å². The van der Waals surface area contributed by atoms with E-state index < -0.39 is 0 Å². The Bertz CT molecular complexity index is 631. The highest BCUT2D eigenvalue weighted by molar-refractivity contribution is 5.89. The Kier molecular flexibility index (Phi) is 6.31. The van der Waals surface area contributed by atoms with Crippen LogP contribution in [0.15, 0.2) is 36.5 Å². The smallest absolute Gasteiger partial charge is 0.337 e. The van der Waals surface area contributed by atoms with Crippen molar-refractivity contribution in [1.82, 2.24) is 9.97 Å². The van der Waals surface area contributed by atoms with Gasteiger partial charge in [0.15, 0.2) is 0 Å². The van der Waals surface area contributed by atoms with Gasteiger partial charge >= 0.3 is 5.97 Å². The van der Waals surface area contributed by atoms with Gasteiger partial charge in [-0.25, -0.2) is 9.78 Å². The van der Waals surface area contributed by atoms with Gasteiger partial charge in [0.1, 0.15) is 5.82 Å². The average molecular weight is 316 g/mol. The molecule has 1 heterocycles. The van der Waals surface area contributed by atoms with E-state index in [0.29, 0.717) is 23.9 Å². The van der Waals surface area contributed by atoms with Crippen LogP contribution >= 0.6 is 0 Å². The zero-order valence-electron chi connectivity index (χ0n) is 13.2. The van der Waals surface area contributed by atoms with Crippen LogP contribution in [0.2, 0.25) is 0 Å². The molecule has 7 nitrogen and oxygen atoms in total. The van der Waals surface area contributed by atoms with Crippen LogP contribution in [0, 0.1) is 0 Å². The van der Waals surface area contributed by atoms with Gasteiger partial charge in [-0.1, -0.05) is 0 Å². The number of hydrogen-bond acceptors (Lipinski definition) is 7. The number of nitrogens with zero attached hydrogens (tertiary/aromatic N) is 2. The summed E-state index contributed by atoms with van der Waals surface area (Å²) >= 11 is 0. The molecule has 0 aliphatic rings. The molecule has 2 aromatic rings. The van der Waals surface area contributed by atoms with Crippen molar-refractivity contribution in [1.29, 1.82) is 0 Å². The minimum Gasteiger partial charge on any atom is -0.465 e. The molecule has 122 valence electrons. The Morgan fingerprint density at radius 2 is 1.96 bits per heavy atom. The number of carbonyl (C=O) groups is 1. The lowest BCUT2D eigenvalue weighted by molar-refractivity contribution is 0.0601. The summed E-state index contributed by atoms with van der Waals surface area (Å²) < 4.78 is 9.66. The molecule has 2 rings (SSSR count).